The minimum atomic E-state index is -0.577. The molecule has 1 heterocycles. The molecule has 2 rings (SSSR count). The highest BCUT2D eigenvalue weighted by Crippen LogP contribution is 2.15. The van der Waals surface area contributed by atoms with Gasteiger partial charge < -0.3 is 15.6 Å². The van der Waals surface area contributed by atoms with Crippen molar-refractivity contribution in [3.05, 3.63) is 41.5 Å². The number of aromatic amines is 1. The summed E-state index contributed by atoms with van der Waals surface area (Å²) in [6.45, 7) is 1.98. The summed E-state index contributed by atoms with van der Waals surface area (Å²) in [5.41, 5.74) is 6.95. The van der Waals surface area contributed by atoms with E-state index in [0.717, 1.165) is 5.56 Å². The second-order valence-corrected chi connectivity index (χ2v) is 4.24. The predicted octanol–water partition coefficient (Wildman–Crippen LogP) is 0.929. The van der Waals surface area contributed by atoms with E-state index in [0.29, 0.717) is 12.2 Å². The molecule has 0 aliphatic heterocycles. The number of esters is 1. The van der Waals surface area contributed by atoms with Crippen LogP contribution in [-0.4, -0.2) is 32.9 Å². The third-order valence-corrected chi connectivity index (χ3v) is 2.70. The molecule has 0 bridgehead atoms. The van der Waals surface area contributed by atoms with E-state index < -0.39 is 12.0 Å². The van der Waals surface area contributed by atoms with E-state index in [9.17, 15) is 9.90 Å². The van der Waals surface area contributed by atoms with E-state index in [1.165, 1.54) is 0 Å². The van der Waals surface area contributed by atoms with Gasteiger partial charge in [0.1, 0.15) is 11.6 Å². The highest BCUT2D eigenvalue weighted by atomic mass is 16.5. The molecule has 0 saturated carbocycles. The number of nitrogens with zero attached hydrogens (tertiary/aromatic N) is 2. The van der Waals surface area contributed by atoms with Crippen molar-refractivity contribution in [1.82, 2.24) is 15.2 Å². The third kappa shape index (κ3) is 3.33. The molecule has 0 saturated heterocycles. The fraction of sp³-hybridized carbons (Fsp3) is 0.308. The largest absolute Gasteiger partial charge is 0.508 e. The van der Waals surface area contributed by atoms with Gasteiger partial charge in [0.25, 0.3) is 5.82 Å². The number of nitrogens with two attached hydrogens (primary N) is 1. The number of benzene rings is 1. The zero-order chi connectivity index (χ0) is 14.5. The molecule has 0 amide bonds. The summed E-state index contributed by atoms with van der Waals surface area (Å²) in [5, 5.41) is 15.6. The molecule has 4 N–H and O–H groups in total. The predicted molar refractivity (Wildman–Crippen MR) is 71.1 cm³/mol. The topological polar surface area (TPSA) is 114 Å². The van der Waals surface area contributed by atoms with E-state index in [-0.39, 0.29) is 18.2 Å². The molecule has 0 radical (unpaired) electrons. The fourth-order valence-corrected chi connectivity index (χ4v) is 1.71. The lowest BCUT2D eigenvalue weighted by Gasteiger charge is -2.08. The van der Waals surface area contributed by atoms with Gasteiger partial charge in [-0.05, 0) is 31.0 Å². The summed E-state index contributed by atoms with van der Waals surface area (Å²) in [5.74, 6) is 0.0163. The number of rotatable bonds is 5. The summed E-state index contributed by atoms with van der Waals surface area (Å²) in [6, 6.07) is 6.31. The van der Waals surface area contributed by atoms with Crippen LogP contribution >= 0.6 is 0 Å². The Morgan fingerprint density at radius 3 is 2.80 bits per heavy atom. The van der Waals surface area contributed by atoms with Crippen molar-refractivity contribution in [3.8, 4) is 5.75 Å². The maximum atomic E-state index is 11.4. The van der Waals surface area contributed by atoms with Gasteiger partial charge in [-0.15, -0.1) is 5.10 Å². The number of aromatic nitrogens is 3. The molecule has 20 heavy (non-hydrogen) atoms. The van der Waals surface area contributed by atoms with Crippen LogP contribution in [0.4, 0.5) is 0 Å². The molecule has 0 aliphatic carbocycles. The number of carbonyl (C=O) groups excluding carboxylic acids is 1. The summed E-state index contributed by atoms with van der Waals surface area (Å²) in [7, 11) is 0. The van der Waals surface area contributed by atoms with Crippen molar-refractivity contribution in [2.24, 2.45) is 5.73 Å². The number of hydrogen-bond acceptors (Lipinski definition) is 6. The molecule has 0 unspecified atom stereocenters. The van der Waals surface area contributed by atoms with Crippen molar-refractivity contribution in [2.45, 2.75) is 19.4 Å². The Morgan fingerprint density at radius 2 is 2.15 bits per heavy atom. The van der Waals surface area contributed by atoms with Gasteiger partial charge in [-0.3, -0.25) is 5.10 Å². The monoisotopic (exact) mass is 276 g/mol. The first-order chi connectivity index (χ1) is 9.60. The van der Waals surface area contributed by atoms with Gasteiger partial charge in [-0.2, -0.15) is 0 Å². The van der Waals surface area contributed by atoms with Gasteiger partial charge in [0, 0.05) is 0 Å². The summed E-state index contributed by atoms with van der Waals surface area (Å²) in [4.78, 5) is 15.5. The lowest BCUT2D eigenvalue weighted by Crippen LogP contribution is -2.15. The Kier molecular flexibility index (Phi) is 4.31. The smallest absolute Gasteiger partial charge is 0.378 e. The number of H-pyrrole nitrogens is 1. The summed E-state index contributed by atoms with van der Waals surface area (Å²) in [6.07, 6.45) is 0.512. The second-order valence-electron chi connectivity index (χ2n) is 4.24. The molecule has 0 spiro atoms. The lowest BCUT2D eigenvalue weighted by atomic mass is 10.1. The average Bonchev–Trinajstić information content (AvgIpc) is 2.91. The summed E-state index contributed by atoms with van der Waals surface area (Å²) < 4.78 is 4.80. The zero-order valence-corrected chi connectivity index (χ0v) is 11.0. The zero-order valence-electron chi connectivity index (χ0n) is 11.0. The molecule has 1 atom stereocenters. The maximum absolute atomic E-state index is 11.4. The van der Waals surface area contributed by atoms with Crippen LogP contribution in [0.3, 0.4) is 0 Å². The second kappa shape index (κ2) is 6.16. The SMILES string of the molecule is CCOC(=O)c1n[nH]c([C@H](N)Cc2ccc(O)cc2)n1. The van der Waals surface area contributed by atoms with Crippen LogP contribution in [0.1, 0.15) is 35.0 Å². The molecular weight excluding hydrogens is 260 g/mol. The Bertz CT molecular complexity index is 580. The van der Waals surface area contributed by atoms with Crippen molar-refractivity contribution >= 4 is 5.97 Å². The van der Waals surface area contributed by atoms with Crippen LogP contribution < -0.4 is 5.73 Å². The molecule has 7 heteroatoms. The standard InChI is InChI=1S/C13H16N4O3/c1-2-20-13(19)12-15-11(16-17-12)10(14)7-8-3-5-9(18)6-4-8/h3-6,10,18H,2,7,14H2,1H3,(H,15,16,17)/t10-/m1/s1. The average molecular weight is 276 g/mol. The van der Waals surface area contributed by atoms with Crippen LogP contribution in [0.25, 0.3) is 0 Å². The first kappa shape index (κ1) is 14.0. The Morgan fingerprint density at radius 1 is 1.45 bits per heavy atom. The van der Waals surface area contributed by atoms with Crippen LogP contribution in [-0.2, 0) is 11.2 Å². The van der Waals surface area contributed by atoms with Gasteiger partial charge >= 0.3 is 5.97 Å². The van der Waals surface area contributed by atoms with Crippen molar-refractivity contribution in [3.63, 3.8) is 0 Å². The van der Waals surface area contributed by atoms with Crippen molar-refractivity contribution in [1.29, 1.82) is 0 Å². The van der Waals surface area contributed by atoms with Gasteiger partial charge in [0.15, 0.2) is 0 Å². The van der Waals surface area contributed by atoms with Gasteiger partial charge in [0.05, 0.1) is 12.6 Å². The van der Waals surface area contributed by atoms with E-state index in [4.69, 9.17) is 10.5 Å². The van der Waals surface area contributed by atoms with Gasteiger partial charge in [0.2, 0.25) is 0 Å². The number of nitrogens with one attached hydrogen (secondary N) is 1. The minimum Gasteiger partial charge on any atom is -0.508 e. The van der Waals surface area contributed by atoms with Gasteiger partial charge in [-0.1, -0.05) is 12.1 Å². The van der Waals surface area contributed by atoms with E-state index >= 15 is 0 Å². The highest BCUT2D eigenvalue weighted by molar-refractivity contribution is 5.84. The molecule has 106 valence electrons. The third-order valence-electron chi connectivity index (χ3n) is 2.70. The Balaban J connectivity index is 2.04. The normalized spacial score (nSPS) is 12.1. The molecule has 1 aromatic carbocycles. The number of phenols is 1. The van der Waals surface area contributed by atoms with Crippen LogP contribution in [0.15, 0.2) is 24.3 Å². The number of aromatic hydroxyl groups is 1. The fourth-order valence-electron chi connectivity index (χ4n) is 1.71. The first-order valence-corrected chi connectivity index (χ1v) is 6.23. The Hall–Kier alpha value is -2.41. The molecule has 2 aromatic rings. The molecule has 7 nitrogen and oxygen atoms in total. The van der Waals surface area contributed by atoms with Crippen molar-refractivity contribution < 1.29 is 14.6 Å². The lowest BCUT2D eigenvalue weighted by molar-refractivity contribution is 0.0512. The number of ether oxygens (including phenoxy) is 1. The Labute approximate surface area is 115 Å². The van der Waals surface area contributed by atoms with Crippen molar-refractivity contribution in [2.75, 3.05) is 6.61 Å². The quantitative estimate of drug-likeness (QED) is 0.700. The number of hydrogen-bond donors (Lipinski definition) is 3. The highest BCUT2D eigenvalue weighted by Gasteiger charge is 2.17. The molecular formula is C13H16N4O3. The van der Waals surface area contributed by atoms with Crippen LogP contribution in [0.2, 0.25) is 0 Å². The summed E-state index contributed by atoms with van der Waals surface area (Å²) >= 11 is 0. The number of phenolic OH excluding ortho intramolecular Hbond substituents is 1. The van der Waals surface area contributed by atoms with E-state index in [1.807, 2.05) is 0 Å². The van der Waals surface area contributed by atoms with Crippen LogP contribution in [0, 0.1) is 0 Å². The maximum Gasteiger partial charge on any atom is 0.378 e. The number of carbonyl (C=O) groups is 1. The first-order valence-electron chi connectivity index (χ1n) is 6.23. The van der Waals surface area contributed by atoms with Crippen LogP contribution in [0.5, 0.6) is 5.75 Å². The molecule has 1 aromatic heterocycles. The van der Waals surface area contributed by atoms with E-state index in [1.54, 1.807) is 31.2 Å². The molecule has 0 fully saturated rings. The minimum absolute atomic E-state index is 0.0250. The van der Waals surface area contributed by atoms with Gasteiger partial charge in [-0.25, -0.2) is 9.78 Å². The van der Waals surface area contributed by atoms with E-state index in [2.05, 4.69) is 15.2 Å². The molecule has 0 aliphatic rings.